The Bertz CT molecular complexity index is 331. The minimum Gasteiger partial charge on any atom is -0.391 e. The summed E-state index contributed by atoms with van der Waals surface area (Å²) in [7, 11) is -2.03. The minimum absolute atomic E-state index is 0.151. The Hall–Kier alpha value is -0.700. The van der Waals surface area contributed by atoms with E-state index in [4.69, 9.17) is 4.74 Å². The van der Waals surface area contributed by atoms with Gasteiger partial charge < -0.3 is 20.5 Å². The van der Waals surface area contributed by atoms with Crippen molar-refractivity contribution in [2.24, 2.45) is 0 Å². The second-order valence-corrected chi connectivity index (χ2v) is 5.97. The van der Waals surface area contributed by atoms with Gasteiger partial charge in [0.15, 0.2) is 9.84 Å². The van der Waals surface area contributed by atoms with Gasteiger partial charge in [0.05, 0.1) is 18.5 Å². The maximum atomic E-state index is 11.5. The Labute approximate surface area is 108 Å². The summed E-state index contributed by atoms with van der Waals surface area (Å²) in [5.41, 5.74) is 0. The summed E-state index contributed by atoms with van der Waals surface area (Å²) in [6, 6.07) is 0. The van der Waals surface area contributed by atoms with Gasteiger partial charge in [-0.15, -0.1) is 0 Å². The fraction of sp³-hybridized carbons (Fsp3) is 0.900. The zero-order valence-corrected chi connectivity index (χ0v) is 11.6. The van der Waals surface area contributed by atoms with Crippen LogP contribution in [0.15, 0.2) is 0 Å². The first-order chi connectivity index (χ1) is 8.41. The standard InChI is InChI=1S/C10H22N2O5S/c1-3-12-10(14)8-18(15,16)7-9(13)6-11-4-5-17-2/h9,11,13H,3-8H2,1-2H3,(H,12,14). The van der Waals surface area contributed by atoms with Gasteiger partial charge in [0.1, 0.15) is 5.75 Å². The predicted molar refractivity (Wildman–Crippen MR) is 68.1 cm³/mol. The van der Waals surface area contributed by atoms with Crippen LogP contribution in [-0.4, -0.2) is 70.4 Å². The lowest BCUT2D eigenvalue weighted by Gasteiger charge is -2.12. The summed E-state index contributed by atoms with van der Waals surface area (Å²) >= 11 is 0. The first-order valence-corrected chi connectivity index (χ1v) is 7.58. The molecule has 0 radical (unpaired) electrons. The molecule has 0 aliphatic carbocycles. The molecule has 0 rings (SSSR count). The van der Waals surface area contributed by atoms with Gasteiger partial charge in [-0.3, -0.25) is 4.79 Å². The number of carbonyl (C=O) groups excluding carboxylic acids is 1. The molecule has 0 aliphatic heterocycles. The van der Waals surface area contributed by atoms with E-state index < -0.39 is 33.4 Å². The number of methoxy groups -OCH3 is 1. The smallest absolute Gasteiger partial charge is 0.235 e. The number of aliphatic hydroxyl groups excluding tert-OH is 1. The first kappa shape index (κ1) is 17.3. The highest BCUT2D eigenvalue weighted by atomic mass is 32.2. The monoisotopic (exact) mass is 282 g/mol. The molecule has 3 N–H and O–H groups in total. The van der Waals surface area contributed by atoms with E-state index >= 15 is 0 Å². The number of rotatable bonds is 10. The maximum absolute atomic E-state index is 11.5. The molecule has 0 bridgehead atoms. The molecular weight excluding hydrogens is 260 g/mol. The van der Waals surface area contributed by atoms with Crippen molar-refractivity contribution in [1.29, 1.82) is 0 Å². The van der Waals surface area contributed by atoms with E-state index in [-0.39, 0.29) is 6.54 Å². The molecule has 0 saturated heterocycles. The van der Waals surface area contributed by atoms with E-state index in [0.29, 0.717) is 19.7 Å². The number of ether oxygens (including phenoxy) is 1. The van der Waals surface area contributed by atoms with Crippen LogP contribution in [0.2, 0.25) is 0 Å². The molecule has 0 saturated carbocycles. The Morgan fingerprint density at radius 3 is 2.67 bits per heavy atom. The van der Waals surface area contributed by atoms with Gasteiger partial charge in [-0.25, -0.2) is 8.42 Å². The molecular formula is C10H22N2O5S. The van der Waals surface area contributed by atoms with Crippen molar-refractivity contribution in [3.8, 4) is 0 Å². The largest absolute Gasteiger partial charge is 0.391 e. The molecule has 0 aliphatic rings. The number of hydrogen-bond donors (Lipinski definition) is 3. The fourth-order valence-electron chi connectivity index (χ4n) is 1.30. The molecule has 1 atom stereocenters. The van der Waals surface area contributed by atoms with Crippen molar-refractivity contribution in [2.45, 2.75) is 13.0 Å². The maximum Gasteiger partial charge on any atom is 0.235 e. The molecule has 1 unspecified atom stereocenters. The highest BCUT2D eigenvalue weighted by molar-refractivity contribution is 7.92. The third-order valence-corrected chi connectivity index (χ3v) is 3.63. The molecule has 0 spiro atoms. The van der Waals surface area contributed by atoms with E-state index in [0.717, 1.165) is 0 Å². The molecule has 0 aromatic carbocycles. The minimum atomic E-state index is -3.58. The summed E-state index contributed by atoms with van der Waals surface area (Å²) in [6.45, 7) is 3.26. The third kappa shape index (κ3) is 9.34. The van der Waals surface area contributed by atoms with Crippen molar-refractivity contribution in [1.82, 2.24) is 10.6 Å². The number of sulfone groups is 1. The van der Waals surface area contributed by atoms with Crippen LogP contribution in [0.25, 0.3) is 0 Å². The van der Waals surface area contributed by atoms with E-state index in [1.54, 1.807) is 14.0 Å². The lowest BCUT2D eigenvalue weighted by molar-refractivity contribution is -0.118. The average Bonchev–Trinajstić information content (AvgIpc) is 2.23. The van der Waals surface area contributed by atoms with Crippen molar-refractivity contribution < 1.29 is 23.1 Å². The van der Waals surface area contributed by atoms with Crippen molar-refractivity contribution >= 4 is 15.7 Å². The van der Waals surface area contributed by atoms with Gasteiger partial charge in [-0.05, 0) is 6.92 Å². The van der Waals surface area contributed by atoms with Gasteiger partial charge in [0.2, 0.25) is 5.91 Å². The first-order valence-electron chi connectivity index (χ1n) is 5.76. The van der Waals surface area contributed by atoms with Crippen molar-refractivity contribution in [3.05, 3.63) is 0 Å². The Balaban J connectivity index is 3.96. The molecule has 108 valence electrons. The molecule has 18 heavy (non-hydrogen) atoms. The summed E-state index contributed by atoms with van der Waals surface area (Å²) in [6.07, 6.45) is -1.03. The Kier molecular flexibility index (Phi) is 8.90. The van der Waals surface area contributed by atoms with E-state index in [1.807, 2.05) is 0 Å². The van der Waals surface area contributed by atoms with Crippen LogP contribution in [-0.2, 0) is 19.4 Å². The number of aliphatic hydroxyl groups is 1. The summed E-state index contributed by atoms with van der Waals surface area (Å²) in [5.74, 6) is -1.56. The van der Waals surface area contributed by atoms with Crippen LogP contribution in [0.5, 0.6) is 0 Å². The molecule has 0 fully saturated rings. The average molecular weight is 282 g/mol. The van der Waals surface area contributed by atoms with Gasteiger partial charge in [-0.2, -0.15) is 0 Å². The van der Waals surface area contributed by atoms with E-state index in [2.05, 4.69) is 10.6 Å². The SMILES string of the molecule is CCNC(=O)CS(=O)(=O)CC(O)CNCCOC. The molecule has 0 heterocycles. The van der Waals surface area contributed by atoms with Gasteiger partial charge in [0.25, 0.3) is 0 Å². The van der Waals surface area contributed by atoms with Crippen LogP contribution in [0.1, 0.15) is 6.92 Å². The quantitative estimate of drug-likeness (QED) is 0.406. The Morgan fingerprint density at radius 1 is 1.44 bits per heavy atom. The second kappa shape index (κ2) is 9.26. The molecule has 1 amide bonds. The van der Waals surface area contributed by atoms with Crippen LogP contribution in [0.3, 0.4) is 0 Å². The second-order valence-electron chi connectivity index (χ2n) is 3.86. The summed E-state index contributed by atoms with van der Waals surface area (Å²) < 4.78 is 27.9. The number of amides is 1. The van der Waals surface area contributed by atoms with Crippen LogP contribution in [0, 0.1) is 0 Å². The highest BCUT2D eigenvalue weighted by Crippen LogP contribution is 1.95. The van der Waals surface area contributed by atoms with Crippen LogP contribution in [0.4, 0.5) is 0 Å². The van der Waals surface area contributed by atoms with Crippen molar-refractivity contribution in [3.63, 3.8) is 0 Å². The molecule has 0 aromatic rings. The van der Waals surface area contributed by atoms with Gasteiger partial charge in [0, 0.05) is 26.7 Å². The summed E-state index contributed by atoms with van der Waals surface area (Å²) in [4.78, 5) is 11.1. The number of nitrogens with one attached hydrogen (secondary N) is 2. The van der Waals surface area contributed by atoms with Gasteiger partial charge >= 0.3 is 0 Å². The zero-order valence-electron chi connectivity index (χ0n) is 10.8. The predicted octanol–water partition coefficient (Wildman–Crippen LogP) is -1.87. The highest BCUT2D eigenvalue weighted by Gasteiger charge is 2.20. The lowest BCUT2D eigenvalue weighted by Crippen LogP contribution is -2.37. The van der Waals surface area contributed by atoms with Crippen molar-refractivity contribution in [2.75, 3.05) is 44.9 Å². The van der Waals surface area contributed by atoms with Crippen LogP contribution >= 0.6 is 0 Å². The summed E-state index contributed by atoms with van der Waals surface area (Å²) in [5, 5.41) is 14.8. The number of carbonyl (C=O) groups is 1. The third-order valence-electron chi connectivity index (χ3n) is 2.03. The fourth-order valence-corrected chi connectivity index (χ4v) is 2.63. The van der Waals surface area contributed by atoms with Gasteiger partial charge in [-0.1, -0.05) is 0 Å². The normalized spacial score (nSPS) is 13.3. The zero-order chi connectivity index (χ0) is 14.0. The van der Waals surface area contributed by atoms with E-state index in [9.17, 15) is 18.3 Å². The Morgan fingerprint density at radius 2 is 2.11 bits per heavy atom. The molecule has 8 heteroatoms. The van der Waals surface area contributed by atoms with Crippen LogP contribution < -0.4 is 10.6 Å². The molecule has 0 aromatic heterocycles. The topological polar surface area (TPSA) is 105 Å². The van der Waals surface area contributed by atoms with E-state index in [1.165, 1.54) is 0 Å². The molecule has 7 nitrogen and oxygen atoms in total. The number of hydrogen-bond acceptors (Lipinski definition) is 6. The lowest BCUT2D eigenvalue weighted by atomic mass is 10.4.